The monoisotopic (exact) mass is 258 g/mol. The number of nitrogens with two attached hydrogens (primary N) is 1. The maximum absolute atomic E-state index is 6.40. The van der Waals surface area contributed by atoms with E-state index in [1.807, 2.05) is 0 Å². The van der Waals surface area contributed by atoms with Crippen molar-refractivity contribution in [2.24, 2.45) is 5.73 Å². The number of benzene rings is 1. The Kier molecular flexibility index (Phi) is 3.55. The Morgan fingerprint density at radius 1 is 1.21 bits per heavy atom. The lowest BCUT2D eigenvalue weighted by Crippen LogP contribution is -2.46. The van der Waals surface area contributed by atoms with Gasteiger partial charge in [0.05, 0.1) is 0 Å². The molecule has 102 valence electrons. The molecule has 3 N–H and O–H groups in total. The van der Waals surface area contributed by atoms with Gasteiger partial charge in [0.25, 0.3) is 0 Å². The normalized spacial score (nSPS) is 19.9. The largest absolute Gasteiger partial charge is 0.361 e. The van der Waals surface area contributed by atoms with Crippen LogP contribution >= 0.6 is 0 Å². The van der Waals surface area contributed by atoms with Gasteiger partial charge in [0.1, 0.15) is 0 Å². The predicted octanol–water partition coefficient (Wildman–Crippen LogP) is 1.42. The Balaban J connectivity index is 1.71. The van der Waals surface area contributed by atoms with Crippen molar-refractivity contribution in [3.63, 3.8) is 0 Å². The second-order valence-electron chi connectivity index (χ2n) is 5.50. The molecule has 1 aliphatic heterocycles. The van der Waals surface area contributed by atoms with Gasteiger partial charge in [0.2, 0.25) is 0 Å². The molecule has 2 aromatic rings. The van der Waals surface area contributed by atoms with Crippen LogP contribution in [0.1, 0.15) is 11.6 Å². The number of H-pyrrole nitrogens is 1. The number of piperazine rings is 1. The zero-order chi connectivity index (χ0) is 13.2. The van der Waals surface area contributed by atoms with Crippen molar-refractivity contribution in [3.05, 3.63) is 36.0 Å². The quantitative estimate of drug-likeness (QED) is 0.875. The first-order valence-electron chi connectivity index (χ1n) is 6.96. The van der Waals surface area contributed by atoms with Crippen LogP contribution < -0.4 is 5.73 Å². The molecule has 19 heavy (non-hydrogen) atoms. The number of likely N-dealkylation sites (N-methyl/N-ethyl adjacent to an activating group) is 1. The van der Waals surface area contributed by atoms with Gasteiger partial charge < -0.3 is 15.6 Å². The third kappa shape index (κ3) is 2.66. The van der Waals surface area contributed by atoms with E-state index in [0.717, 1.165) is 32.7 Å². The summed E-state index contributed by atoms with van der Waals surface area (Å²) in [4.78, 5) is 8.14. The molecule has 0 saturated carbocycles. The van der Waals surface area contributed by atoms with Gasteiger partial charge in [-0.05, 0) is 18.7 Å². The van der Waals surface area contributed by atoms with Crippen molar-refractivity contribution in [1.29, 1.82) is 0 Å². The molecular formula is C15H22N4. The standard InChI is InChI=1S/C15H22N4/c1-18-6-8-19(9-7-18)11-14(16)13-10-17-15-5-3-2-4-12(13)15/h2-5,10,14,17H,6-9,11,16H2,1H3. The smallest absolute Gasteiger partial charge is 0.0457 e. The molecule has 1 aromatic heterocycles. The minimum atomic E-state index is 0.0829. The number of para-hydroxylation sites is 1. The molecule has 4 nitrogen and oxygen atoms in total. The zero-order valence-corrected chi connectivity index (χ0v) is 11.5. The maximum atomic E-state index is 6.40. The van der Waals surface area contributed by atoms with Gasteiger partial charge >= 0.3 is 0 Å². The van der Waals surface area contributed by atoms with Crippen LogP contribution in [0.4, 0.5) is 0 Å². The van der Waals surface area contributed by atoms with Gasteiger partial charge in [-0.25, -0.2) is 0 Å². The SMILES string of the molecule is CN1CCN(CC(N)c2c[nH]c3ccccc23)CC1. The summed E-state index contributed by atoms with van der Waals surface area (Å²) in [6.45, 7) is 5.45. The fourth-order valence-electron chi connectivity index (χ4n) is 2.81. The van der Waals surface area contributed by atoms with Crippen LogP contribution in [0.2, 0.25) is 0 Å². The molecule has 1 fully saturated rings. The van der Waals surface area contributed by atoms with Gasteiger partial charge in [-0.1, -0.05) is 18.2 Å². The Hall–Kier alpha value is -1.36. The summed E-state index contributed by atoms with van der Waals surface area (Å²) in [7, 11) is 2.18. The van der Waals surface area contributed by atoms with Crippen molar-refractivity contribution in [3.8, 4) is 0 Å². The first-order valence-corrected chi connectivity index (χ1v) is 6.96. The number of fused-ring (bicyclic) bond motifs is 1. The van der Waals surface area contributed by atoms with Crippen molar-refractivity contribution in [1.82, 2.24) is 14.8 Å². The molecule has 2 heterocycles. The van der Waals surface area contributed by atoms with Crippen LogP contribution in [0.5, 0.6) is 0 Å². The third-order valence-electron chi connectivity index (χ3n) is 4.07. The van der Waals surface area contributed by atoms with Gasteiger partial charge in [-0.15, -0.1) is 0 Å². The topological polar surface area (TPSA) is 48.3 Å². The first-order chi connectivity index (χ1) is 9.24. The van der Waals surface area contributed by atoms with E-state index in [9.17, 15) is 0 Å². The number of hydrogen-bond donors (Lipinski definition) is 2. The van der Waals surface area contributed by atoms with Crippen molar-refractivity contribution in [2.45, 2.75) is 6.04 Å². The van der Waals surface area contributed by atoms with E-state index < -0.39 is 0 Å². The van der Waals surface area contributed by atoms with Crippen LogP contribution in [-0.2, 0) is 0 Å². The highest BCUT2D eigenvalue weighted by Gasteiger charge is 2.18. The molecule has 4 heteroatoms. The molecule has 0 radical (unpaired) electrons. The lowest BCUT2D eigenvalue weighted by molar-refractivity contribution is 0.147. The van der Waals surface area contributed by atoms with Crippen LogP contribution in [0.15, 0.2) is 30.5 Å². The summed E-state index contributed by atoms with van der Waals surface area (Å²) in [5.41, 5.74) is 8.80. The van der Waals surface area contributed by atoms with Crippen molar-refractivity contribution in [2.75, 3.05) is 39.8 Å². The highest BCUT2D eigenvalue weighted by Crippen LogP contribution is 2.23. The van der Waals surface area contributed by atoms with Crippen LogP contribution in [-0.4, -0.2) is 54.6 Å². The maximum Gasteiger partial charge on any atom is 0.0457 e. The molecule has 0 aliphatic carbocycles. The molecule has 1 aliphatic rings. The van der Waals surface area contributed by atoms with E-state index in [1.54, 1.807) is 0 Å². The summed E-state index contributed by atoms with van der Waals surface area (Å²) in [5, 5.41) is 1.25. The number of nitrogens with one attached hydrogen (secondary N) is 1. The molecule has 3 rings (SSSR count). The number of aromatic amines is 1. The van der Waals surface area contributed by atoms with Crippen LogP contribution in [0.3, 0.4) is 0 Å². The van der Waals surface area contributed by atoms with E-state index in [-0.39, 0.29) is 6.04 Å². The first kappa shape index (κ1) is 12.7. The molecule has 1 atom stereocenters. The molecule has 0 spiro atoms. The molecule has 0 amide bonds. The summed E-state index contributed by atoms with van der Waals surface area (Å²) in [5.74, 6) is 0. The molecular weight excluding hydrogens is 236 g/mol. The van der Waals surface area contributed by atoms with Crippen LogP contribution in [0, 0.1) is 0 Å². The van der Waals surface area contributed by atoms with Gasteiger partial charge in [0.15, 0.2) is 0 Å². The molecule has 0 bridgehead atoms. The number of nitrogens with zero attached hydrogens (tertiary/aromatic N) is 2. The summed E-state index contributed by atoms with van der Waals surface area (Å²) >= 11 is 0. The highest BCUT2D eigenvalue weighted by atomic mass is 15.2. The van der Waals surface area contributed by atoms with E-state index in [1.165, 1.54) is 16.5 Å². The number of aromatic nitrogens is 1. The Labute approximate surface area is 114 Å². The average molecular weight is 258 g/mol. The van der Waals surface area contributed by atoms with Gasteiger partial charge in [0, 0.05) is 55.9 Å². The van der Waals surface area contributed by atoms with E-state index in [4.69, 9.17) is 5.73 Å². The Morgan fingerprint density at radius 2 is 1.95 bits per heavy atom. The van der Waals surface area contributed by atoms with Crippen LogP contribution in [0.25, 0.3) is 10.9 Å². The fourth-order valence-corrected chi connectivity index (χ4v) is 2.81. The van der Waals surface area contributed by atoms with E-state index >= 15 is 0 Å². The molecule has 1 unspecified atom stereocenters. The summed E-state index contributed by atoms with van der Waals surface area (Å²) in [6.07, 6.45) is 2.06. The molecule has 1 aromatic carbocycles. The number of rotatable bonds is 3. The average Bonchev–Trinajstić information content (AvgIpc) is 2.85. The van der Waals surface area contributed by atoms with E-state index in [0.29, 0.717) is 0 Å². The number of hydrogen-bond acceptors (Lipinski definition) is 3. The lowest BCUT2D eigenvalue weighted by Gasteiger charge is -2.33. The fraction of sp³-hybridized carbons (Fsp3) is 0.467. The summed E-state index contributed by atoms with van der Waals surface area (Å²) in [6, 6.07) is 8.45. The van der Waals surface area contributed by atoms with Crippen molar-refractivity contribution < 1.29 is 0 Å². The lowest BCUT2D eigenvalue weighted by atomic mass is 10.1. The molecule has 1 saturated heterocycles. The minimum absolute atomic E-state index is 0.0829. The second-order valence-corrected chi connectivity index (χ2v) is 5.50. The highest BCUT2D eigenvalue weighted by molar-refractivity contribution is 5.83. The predicted molar refractivity (Wildman–Crippen MR) is 79.2 cm³/mol. The van der Waals surface area contributed by atoms with Crippen molar-refractivity contribution >= 4 is 10.9 Å². The third-order valence-corrected chi connectivity index (χ3v) is 4.07. The summed E-state index contributed by atoms with van der Waals surface area (Å²) < 4.78 is 0. The Morgan fingerprint density at radius 3 is 2.74 bits per heavy atom. The second kappa shape index (κ2) is 5.33. The van der Waals surface area contributed by atoms with Gasteiger partial charge in [-0.3, -0.25) is 4.90 Å². The zero-order valence-electron chi connectivity index (χ0n) is 11.5. The Bertz CT molecular complexity index is 540. The van der Waals surface area contributed by atoms with Gasteiger partial charge in [-0.2, -0.15) is 0 Å². The van der Waals surface area contributed by atoms with E-state index in [2.05, 4.69) is 52.3 Å². The minimum Gasteiger partial charge on any atom is -0.361 e.